The fourth-order valence-corrected chi connectivity index (χ4v) is 1.96. The molecule has 0 radical (unpaired) electrons. The van der Waals surface area contributed by atoms with Crippen LogP contribution in [0.2, 0.25) is 0 Å². The predicted octanol–water partition coefficient (Wildman–Crippen LogP) is 3.91. The topological polar surface area (TPSA) is 58.6 Å². The van der Waals surface area contributed by atoms with Crippen molar-refractivity contribution in [3.05, 3.63) is 46.9 Å². The van der Waals surface area contributed by atoms with E-state index in [2.05, 4.69) is 21.2 Å². The molecule has 1 amide bonds. The molecule has 98 valence electrons. The van der Waals surface area contributed by atoms with Crippen molar-refractivity contribution in [3.63, 3.8) is 0 Å². The Balaban J connectivity index is 2.43. The van der Waals surface area contributed by atoms with Gasteiger partial charge in [-0.2, -0.15) is 0 Å². The molecule has 5 heteroatoms. The molecule has 0 fully saturated rings. The Hall–Kier alpha value is -2.01. The highest BCUT2D eigenvalue weighted by Crippen LogP contribution is 2.42. The normalized spacial score (nSPS) is 10.0. The quantitative estimate of drug-likeness (QED) is 0.843. The van der Waals surface area contributed by atoms with Crippen molar-refractivity contribution in [1.82, 2.24) is 0 Å². The zero-order valence-electron chi connectivity index (χ0n) is 10.2. The SMILES string of the molecule is CC(=O)Nc1c(O)ccc(Br)c1Oc1ccccc1. The van der Waals surface area contributed by atoms with Crippen LogP contribution in [0.15, 0.2) is 46.9 Å². The first-order valence-corrected chi connectivity index (χ1v) is 6.39. The van der Waals surface area contributed by atoms with Crippen molar-refractivity contribution in [2.24, 2.45) is 0 Å². The number of para-hydroxylation sites is 1. The summed E-state index contributed by atoms with van der Waals surface area (Å²) < 4.78 is 6.34. The van der Waals surface area contributed by atoms with Crippen molar-refractivity contribution in [2.45, 2.75) is 6.92 Å². The zero-order valence-corrected chi connectivity index (χ0v) is 11.8. The van der Waals surface area contributed by atoms with Gasteiger partial charge in [0.1, 0.15) is 17.2 Å². The predicted molar refractivity (Wildman–Crippen MR) is 76.6 cm³/mol. The maximum absolute atomic E-state index is 11.2. The number of rotatable bonds is 3. The van der Waals surface area contributed by atoms with Gasteiger partial charge in [-0.25, -0.2) is 0 Å². The summed E-state index contributed by atoms with van der Waals surface area (Å²) in [5.74, 6) is 0.637. The molecular weight excluding hydrogens is 310 g/mol. The second-order valence-corrected chi connectivity index (χ2v) is 4.72. The largest absolute Gasteiger partial charge is 0.506 e. The third kappa shape index (κ3) is 3.26. The van der Waals surface area contributed by atoms with Crippen LogP contribution in [0.4, 0.5) is 5.69 Å². The van der Waals surface area contributed by atoms with Crippen molar-refractivity contribution in [3.8, 4) is 17.2 Å². The maximum atomic E-state index is 11.2. The van der Waals surface area contributed by atoms with Crippen molar-refractivity contribution >= 4 is 27.5 Å². The van der Waals surface area contributed by atoms with Gasteiger partial charge in [0.15, 0.2) is 5.75 Å². The van der Waals surface area contributed by atoms with Gasteiger partial charge in [0, 0.05) is 6.92 Å². The number of phenols is 1. The molecule has 2 aromatic carbocycles. The van der Waals surface area contributed by atoms with E-state index in [-0.39, 0.29) is 17.3 Å². The minimum Gasteiger partial charge on any atom is -0.506 e. The number of phenolic OH excluding ortho intramolecular Hbond substituents is 1. The second-order valence-electron chi connectivity index (χ2n) is 3.87. The minimum absolute atomic E-state index is 0.0515. The van der Waals surface area contributed by atoms with E-state index in [0.717, 1.165) is 0 Å². The summed E-state index contributed by atoms with van der Waals surface area (Å²) in [5.41, 5.74) is 0.241. The van der Waals surface area contributed by atoms with Crippen LogP contribution in [-0.2, 0) is 4.79 Å². The molecular formula is C14H12BrNO3. The van der Waals surface area contributed by atoms with Gasteiger partial charge >= 0.3 is 0 Å². The van der Waals surface area contributed by atoms with Crippen molar-refractivity contribution in [2.75, 3.05) is 5.32 Å². The Morgan fingerprint density at radius 2 is 1.89 bits per heavy atom. The third-order valence-corrected chi connectivity index (χ3v) is 2.98. The van der Waals surface area contributed by atoms with Gasteiger partial charge in [0.05, 0.1) is 4.47 Å². The van der Waals surface area contributed by atoms with Gasteiger partial charge in [-0.1, -0.05) is 18.2 Å². The Morgan fingerprint density at radius 3 is 2.53 bits per heavy atom. The van der Waals surface area contributed by atoms with E-state index in [1.165, 1.54) is 13.0 Å². The van der Waals surface area contributed by atoms with Gasteiger partial charge < -0.3 is 15.2 Å². The smallest absolute Gasteiger partial charge is 0.221 e. The number of halogens is 1. The molecule has 0 aromatic heterocycles. The first kappa shape index (κ1) is 13.4. The summed E-state index contributed by atoms with van der Waals surface area (Å²) in [6.07, 6.45) is 0. The summed E-state index contributed by atoms with van der Waals surface area (Å²) in [4.78, 5) is 11.2. The zero-order chi connectivity index (χ0) is 13.8. The molecule has 19 heavy (non-hydrogen) atoms. The van der Waals surface area contributed by atoms with E-state index in [0.29, 0.717) is 16.0 Å². The molecule has 4 nitrogen and oxygen atoms in total. The molecule has 0 aliphatic heterocycles. The van der Waals surface area contributed by atoms with Gasteiger partial charge in [-0.05, 0) is 40.2 Å². The van der Waals surface area contributed by atoms with Gasteiger partial charge in [0.2, 0.25) is 5.91 Å². The number of nitrogens with one attached hydrogen (secondary N) is 1. The summed E-state index contributed by atoms with van der Waals surface area (Å²) in [6, 6.07) is 12.3. The van der Waals surface area contributed by atoms with Crippen LogP contribution >= 0.6 is 15.9 Å². The lowest BCUT2D eigenvalue weighted by Crippen LogP contribution is -2.07. The molecule has 2 aromatic rings. The molecule has 0 aliphatic rings. The summed E-state index contributed by atoms with van der Waals surface area (Å²) in [7, 11) is 0. The first-order valence-electron chi connectivity index (χ1n) is 5.60. The highest BCUT2D eigenvalue weighted by Gasteiger charge is 2.15. The van der Waals surface area contributed by atoms with Crippen LogP contribution < -0.4 is 10.1 Å². The number of benzene rings is 2. The first-order chi connectivity index (χ1) is 9.08. The van der Waals surface area contributed by atoms with Crippen LogP contribution in [-0.4, -0.2) is 11.0 Å². The van der Waals surface area contributed by atoms with Crippen LogP contribution in [0.1, 0.15) is 6.92 Å². The molecule has 0 heterocycles. The second kappa shape index (κ2) is 5.75. The Morgan fingerprint density at radius 1 is 1.21 bits per heavy atom. The minimum atomic E-state index is -0.286. The molecule has 2 rings (SSSR count). The maximum Gasteiger partial charge on any atom is 0.221 e. The van der Waals surface area contributed by atoms with E-state index >= 15 is 0 Å². The van der Waals surface area contributed by atoms with E-state index in [1.54, 1.807) is 18.2 Å². The number of anilines is 1. The third-order valence-electron chi connectivity index (χ3n) is 2.35. The summed E-state index contributed by atoms with van der Waals surface area (Å²) >= 11 is 3.34. The number of carbonyl (C=O) groups is 1. The molecule has 0 bridgehead atoms. The highest BCUT2D eigenvalue weighted by molar-refractivity contribution is 9.10. The molecule has 2 N–H and O–H groups in total. The standard InChI is InChI=1S/C14H12BrNO3/c1-9(17)16-13-12(18)8-7-11(15)14(13)19-10-5-3-2-4-6-10/h2-8,18H,1H3,(H,16,17). The Kier molecular flexibility index (Phi) is 4.06. The highest BCUT2D eigenvalue weighted by atomic mass is 79.9. The van der Waals surface area contributed by atoms with Gasteiger partial charge in [-0.15, -0.1) is 0 Å². The lowest BCUT2D eigenvalue weighted by Gasteiger charge is -2.14. The van der Waals surface area contributed by atoms with Crippen LogP contribution in [0.5, 0.6) is 17.2 Å². The molecule has 0 aliphatic carbocycles. The van der Waals surface area contributed by atoms with Crippen LogP contribution in [0.25, 0.3) is 0 Å². The molecule has 0 unspecified atom stereocenters. The van der Waals surface area contributed by atoms with E-state index in [4.69, 9.17) is 4.74 Å². The monoisotopic (exact) mass is 321 g/mol. The van der Waals surface area contributed by atoms with Crippen LogP contribution in [0.3, 0.4) is 0 Å². The van der Waals surface area contributed by atoms with Gasteiger partial charge in [-0.3, -0.25) is 4.79 Å². The Bertz CT molecular complexity index is 599. The van der Waals surface area contributed by atoms with E-state index in [9.17, 15) is 9.90 Å². The Labute approximate surface area is 119 Å². The van der Waals surface area contributed by atoms with Crippen LogP contribution in [0, 0.1) is 0 Å². The molecule has 0 saturated carbocycles. The fourth-order valence-electron chi connectivity index (χ4n) is 1.55. The summed E-state index contributed by atoms with van der Waals surface area (Å²) in [5, 5.41) is 12.4. The summed E-state index contributed by atoms with van der Waals surface area (Å²) in [6.45, 7) is 1.37. The number of carbonyl (C=O) groups excluding carboxylic acids is 1. The molecule has 0 atom stereocenters. The number of hydrogen-bond acceptors (Lipinski definition) is 3. The number of hydrogen-bond donors (Lipinski definition) is 2. The van der Waals surface area contributed by atoms with Crippen molar-refractivity contribution in [1.29, 1.82) is 0 Å². The molecule has 0 saturated heterocycles. The van der Waals surface area contributed by atoms with Crippen molar-refractivity contribution < 1.29 is 14.6 Å². The van der Waals surface area contributed by atoms with Gasteiger partial charge in [0.25, 0.3) is 0 Å². The average molecular weight is 322 g/mol. The lowest BCUT2D eigenvalue weighted by molar-refractivity contribution is -0.114. The number of ether oxygens (including phenoxy) is 1. The molecule has 0 spiro atoms. The number of amides is 1. The number of aromatic hydroxyl groups is 1. The lowest BCUT2D eigenvalue weighted by atomic mass is 10.2. The average Bonchev–Trinajstić information content (AvgIpc) is 2.39. The van der Waals surface area contributed by atoms with E-state index < -0.39 is 0 Å². The fraction of sp³-hybridized carbons (Fsp3) is 0.0714. The van der Waals surface area contributed by atoms with E-state index in [1.807, 2.05) is 18.2 Å².